The Bertz CT molecular complexity index is 590. The lowest BCUT2D eigenvalue weighted by atomic mass is 10.1. The van der Waals surface area contributed by atoms with E-state index < -0.39 is 10.0 Å². The van der Waals surface area contributed by atoms with Gasteiger partial charge in [-0.25, -0.2) is 12.7 Å². The first kappa shape index (κ1) is 19.1. The number of halogens is 1. The highest BCUT2D eigenvalue weighted by molar-refractivity contribution is 9.10. The summed E-state index contributed by atoms with van der Waals surface area (Å²) in [4.78, 5) is 11.9. The molecule has 0 atom stereocenters. The largest absolute Gasteiger partial charge is 0.354 e. The Morgan fingerprint density at radius 1 is 1.27 bits per heavy atom. The van der Waals surface area contributed by atoms with Gasteiger partial charge in [-0.2, -0.15) is 0 Å². The molecule has 1 rings (SSSR count). The molecule has 0 unspecified atom stereocenters. The molecule has 124 valence electrons. The van der Waals surface area contributed by atoms with E-state index in [1.807, 2.05) is 31.2 Å². The highest BCUT2D eigenvalue weighted by Gasteiger charge is 2.15. The van der Waals surface area contributed by atoms with E-state index in [9.17, 15) is 13.2 Å². The summed E-state index contributed by atoms with van der Waals surface area (Å²) in [7, 11) is -3.23. The zero-order chi connectivity index (χ0) is 16.6. The van der Waals surface area contributed by atoms with Crippen LogP contribution in [0.1, 0.15) is 25.3 Å². The smallest absolute Gasteiger partial charge is 0.224 e. The van der Waals surface area contributed by atoms with Crippen molar-refractivity contribution in [1.29, 1.82) is 0 Å². The van der Waals surface area contributed by atoms with Crippen molar-refractivity contribution in [3.63, 3.8) is 0 Å². The fourth-order valence-electron chi connectivity index (χ4n) is 1.98. The van der Waals surface area contributed by atoms with E-state index in [2.05, 4.69) is 21.2 Å². The van der Waals surface area contributed by atoms with Crippen LogP contribution in [0, 0.1) is 0 Å². The third kappa shape index (κ3) is 6.89. The lowest BCUT2D eigenvalue weighted by Gasteiger charge is -2.19. The molecule has 1 aromatic rings. The van der Waals surface area contributed by atoms with Crippen LogP contribution in [0.4, 0.5) is 0 Å². The van der Waals surface area contributed by atoms with E-state index in [4.69, 9.17) is 0 Å². The minimum atomic E-state index is -3.23. The van der Waals surface area contributed by atoms with Crippen LogP contribution in [0.5, 0.6) is 0 Å². The molecule has 0 saturated carbocycles. The first-order valence-electron chi connectivity index (χ1n) is 7.29. The lowest BCUT2D eigenvalue weighted by molar-refractivity contribution is -0.120. The molecule has 0 spiro atoms. The number of amides is 1. The van der Waals surface area contributed by atoms with Crippen LogP contribution < -0.4 is 5.32 Å². The molecule has 1 aromatic carbocycles. The number of carbonyl (C=O) groups is 1. The highest BCUT2D eigenvalue weighted by Crippen LogP contribution is 2.16. The Morgan fingerprint density at radius 2 is 1.95 bits per heavy atom. The Hall–Kier alpha value is -0.920. The van der Waals surface area contributed by atoms with Crippen molar-refractivity contribution in [2.45, 2.75) is 26.2 Å². The second-order valence-corrected chi connectivity index (χ2v) is 7.97. The molecule has 0 aromatic heterocycles. The van der Waals surface area contributed by atoms with Crippen LogP contribution in [-0.4, -0.2) is 44.5 Å². The molecule has 22 heavy (non-hydrogen) atoms. The minimum absolute atomic E-state index is 0.115. The number of rotatable bonds is 9. The summed E-state index contributed by atoms with van der Waals surface area (Å²) in [5.74, 6) is -0.115. The molecule has 0 bridgehead atoms. The third-order valence-electron chi connectivity index (χ3n) is 3.22. The van der Waals surface area contributed by atoms with Crippen LogP contribution in [0.2, 0.25) is 0 Å². The molecule has 1 amide bonds. The normalized spacial score (nSPS) is 11.6. The molecule has 7 heteroatoms. The van der Waals surface area contributed by atoms with Crippen molar-refractivity contribution in [1.82, 2.24) is 9.62 Å². The molecule has 0 radical (unpaired) electrons. The maximum absolute atomic E-state index is 11.9. The topological polar surface area (TPSA) is 66.5 Å². The zero-order valence-corrected chi connectivity index (χ0v) is 15.4. The average molecular weight is 391 g/mol. The van der Waals surface area contributed by atoms with E-state index in [1.165, 1.54) is 10.6 Å². The number of hydrogen-bond donors (Lipinski definition) is 1. The molecule has 5 nitrogen and oxygen atoms in total. The number of nitrogens with zero attached hydrogens (tertiary/aromatic N) is 1. The molecular formula is C15H23BrN2O3S. The fourth-order valence-corrected chi connectivity index (χ4v) is 3.28. The van der Waals surface area contributed by atoms with Gasteiger partial charge in [0.2, 0.25) is 15.9 Å². The summed E-state index contributed by atoms with van der Waals surface area (Å²) < 4.78 is 25.6. The van der Waals surface area contributed by atoms with Crippen LogP contribution in [0.15, 0.2) is 28.7 Å². The Labute approximate surface area is 141 Å². The summed E-state index contributed by atoms with van der Waals surface area (Å²) in [5.41, 5.74) is 0.908. The van der Waals surface area contributed by atoms with Gasteiger partial charge in [-0.05, 0) is 18.1 Å². The Kier molecular flexibility index (Phi) is 8.06. The quantitative estimate of drug-likeness (QED) is 0.702. The first-order valence-corrected chi connectivity index (χ1v) is 9.94. The van der Waals surface area contributed by atoms with Gasteiger partial charge in [-0.15, -0.1) is 0 Å². The summed E-state index contributed by atoms with van der Waals surface area (Å²) in [6.07, 6.45) is 3.22. The Morgan fingerprint density at radius 3 is 2.55 bits per heavy atom. The van der Waals surface area contributed by atoms with E-state index in [1.54, 1.807) is 0 Å². The molecule has 1 N–H and O–H groups in total. The SMILES string of the molecule is CCCCN(CCNC(=O)Cc1ccccc1Br)S(C)(=O)=O. The zero-order valence-electron chi connectivity index (χ0n) is 13.0. The molecule has 0 aliphatic heterocycles. The highest BCUT2D eigenvalue weighted by atomic mass is 79.9. The van der Waals surface area contributed by atoms with Crippen molar-refractivity contribution >= 4 is 31.9 Å². The molecule has 0 aliphatic carbocycles. The number of unbranched alkanes of at least 4 members (excludes halogenated alkanes) is 1. The van der Waals surface area contributed by atoms with Crippen LogP contribution >= 0.6 is 15.9 Å². The summed E-state index contributed by atoms with van der Waals surface area (Å²) >= 11 is 3.40. The molecule has 0 aliphatic rings. The maximum atomic E-state index is 11.9. The van der Waals surface area contributed by atoms with Crippen molar-refractivity contribution in [2.75, 3.05) is 25.9 Å². The molecule has 0 fully saturated rings. The van der Waals surface area contributed by atoms with E-state index in [-0.39, 0.29) is 12.3 Å². The monoisotopic (exact) mass is 390 g/mol. The van der Waals surface area contributed by atoms with E-state index >= 15 is 0 Å². The first-order chi connectivity index (χ1) is 10.3. The van der Waals surface area contributed by atoms with E-state index in [0.717, 1.165) is 22.9 Å². The number of sulfonamides is 1. The summed E-state index contributed by atoms with van der Waals surface area (Å²) in [6.45, 7) is 3.13. The molecule has 0 heterocycles. The van der Waals surface area contributed by atoms with Crippen LogP contribution in [-0.2, 0) is 21.2 Å². The van der Waals surface area contributed by atoms with E-state index in [0.29, 0.717) is 19.6 Å². The minimum Gasteiger partial charge on any atom is -0.354 e. The summed E-state index contributed by atoms with van der Waals surface area (Å²) in [6, 6.07) is 7.54. The van der Waals surface area contributed by atoms with Gasteiger partial charge in [-0.3, -0.25) is 4.79 Å². The third-order valence-corrected chi connectivity index (χ3v) is 5.30. The van der Waals surface area contributed by atoms with Gasteiger partial charge in [-0.1, -0.05) is 47.5 Å². The maximum Gasteiger partial charge on any atom is 0.224 e. The van der Waals surface area contributed by atoms with Gasteiger partial charge in [0.25, 0.3) is 0 Å². The van der Waals surface area contributed by atoms with Crippen molar-refractivity contribution in [3.8, 4) is 0 Å². The standard InChI is InChI=1S/C15H23BrN2O3S/c1-3-4-10-18(22(2,20)21)11-9-17-15(19)12-13-7-5-6-8-14(13)16/h5-8H,3-4,9-12H2,1-2H3,(H,17,19). The van der Waals surface area contributed by atoms with Crippen LogP contribution in [0.25, 0.3) is 0 Å². The second-order valence-electron chi connectivity index (χ2n) is 5.13. The van der Waals surface area contributed by atoms with Gasteiger partial charge in [0.1, 0.15) is 0 Å². The lowest BCUT2D eigenvalue weighted by Crippen LogP contribution is -2.39. The predicted molar refractivity (Wildman–Crippen MR) is 92.2 cm³/mol. The predicted octanol–water partition coefficient (Wildman–Crippen LogP) is 2.17. The fraction of sp³-hybridized carbons (Fsp3) is 0.533. The van der Waals surface area contributed by atoms with Crippen molar-refractivity contribution in [3.05, 3.63) is 34.3 Å². The van der Waals surface area contributed by atoms with Gasteiger partial charge >= 0.3 is 0 Å². The van der Waals surface area contributed by atoms with Gasteiger partial charge in [0, 0.05) is 24.1 Å². The summed E-state index contributed by atoms with van der Waals surface area (Å²) in [5, 5.41) is 2.77. The van der Waals surface area contributed by atoms with Crippen molar-refractivity contribution < 1.29 is 13.2 Å². The number of nitrogens with one attached hydrogen (secondary N) is 1. The second kappa shape index (κ2) is 9.27. The van der Waals surface area contributed by atoms with Crippen LogP contribution in [0.3, 0.4) is 0 Å². The average Bonchev–Trinajstić information content (AvgIpc) is 2.43. The molecule has 0 saturated heterocycles. The van der Waals surface area contributed by atoms with Gasteiger partial charge in [0.05, 0.1) is 12.7 Å². The molecular weight excluding hydrogens is 368 g/mol. The number of benzene rings is 1. The number of hydrogen-bond acceptors (Lipinski definition) is 3. The van der Waals surface area contributed by atoms with Crippen molar-refractivity contribution in [2.24, 2.45) is 0 Å². The van der Waals surface area contributed by atoms with Gasteiger partial charge < -0.3 is 5.32 Å². The number of carbonyl (C=O) groups excluding carboxylic acids is 1. The Balaban J connectivity index is 2.44. The van der Waals surface area contributed by atoms with Gasteiger partial charge in [0.15, 0.2) is 0 Å².